The van der Waals surface area contributed by atoms with Crippen molar-refractivity contribution in [2.24, 2.45) is 0 Å². The second-order valence-electron chi connectivity index (χ2n) is 5.12. The third-order valence-corrected chi connectivity index (χ3v) is 4.20. The first kappa shape index (κ1) is 14.5. The van der Waals surface area contributed by atoms with Crippen molar-refractivity contribution in [3.63, 3.8) is 0 Å². The number of hydrogen-bond acceptors (Lipinski definition) is 4. The molecule has 2 aromatic carbocycles. The lowest BCUT2D eigenvalue weighted by Crippen LogP contribution is -2.18. The molecule has 0 saturated heterocycles. The van der Waals surface area contributed by atoms with Gasteiger partial charge < -0.3 is 9.73 Å². The molecule has 5 nitrogen and oxygen atoms in total. The topological polar surface area (TPSA) is 67.2 Å². The van der Waals surface area contributed by atoms with Crippen LogP contribution in [0.1, 0.15) is 0 Å². The Morgan fingerprint density at radius 3 is 2.75 bits per heavy atom. The highest BCUT2D eigenvalue weighted by Crippen LogP contribution is 2.26. The summed E-state index contributed by atoms with van der Waals surface area (Å²) in [4.78, 5) is 16.5. The SMILES string of the molecule is O=C(Nc1cccc(-c2nc3ccccc3o2)c1)Nc1cccs1. The van der Waals surface area contributed by atoms with Crippen molar-refractivity contribution in [1.82, 2.24) is 4.98 Å². The zero-order chi connectivity index (χ0) is 16.4. The summed E-state index contributed by atoms with van der Waals surface area (Å²) in [6, 6.07) is 18.4. The van der Waals surface area contributed by atoms with Gasteiger partial charge in [-0.1, -0.05) is 18.2 Å². The lowest BCUT2D eigenvalue weighted by atomic mass is 10.2. The van der Waals surface area contributed by atoms with Gasteiger partial charge in [0.05, 0.1) is 5.00 Å². The number of oxazole rings is 1. The van der Waals surface area contributed by atoms with Crippen LogP contribution in [-0.4, -0.2) is 11.0 Å². The van der Waals surface area contributed by atoms with E-state index in [1.54, 1.807) is 0 Å². The van der Waals surface area contributed by atoms with Crippen LogP contribution in [0.3, 0.4) is 0 Å². The summed E-state index contributed by atoms with van der Waals surface area (Å²) in [5.74, 6) is 0.526. The number of anilines is 2. The maximum Gasteiger partial charge on any atom is 0.324 e. The monoisotopic (exact) mass is 335 g/mol. The first-order valence-electron chi connectivity index (χ1n) is 7.35. The van der Waals surface area contributed by atoms with Gasteiger partial charge in [-0.15, -0.1) is 11.3 Å². The summed E-state index contributed by atoms with van der Waals surface area (Å²) in [7, 11) is 0. The molecule has 0 fully saturated rings. The van der Waals surface area contributed by atoms with E-state index in [0.717, 1.165) is 21.7 Å². The summed E-state index contributed by atoms with van der Waals surface area (Å²) in [6.45, 7) is 0. The van der Waals surface area contributed by atoms with Crippen molar-refractivity contribution >= 4 is 39.2 Å². The average molecular weight is 335 g/mol. The number of nitrogens with one attached hydrogen (secondary N) is 2. The second kappa shape index (κ2) is 6.17. The van der Waals surface area contributed by atoms with Gasteiger partial charge in [-0.25, -0.2) is 9.78 Å². The quantitative estimate of drug-likeness (QED) is 0.541. The molecule has 0 spiro atoms. The minimum Gasteiger partial charge on any atom is -0.436 e. The summed E-state index contributed by atoms with van der Waals surface area (Å²) >= 11 is 1.47. The van der Waals surface area contributed by atoms with Gasteiger partial charge in [0.2, 0.25) is 5.89 Å². The van der Waals surface area contributed by atoms with E-state index in [9.17, 15) is 4.79 Å². The normalized spacial score (nSPS) is 10.7. The van der Waals surface area contributed by atoms with Crippen molar-refractivity contribution in [2.45, 2.75) is 0 Å². The Morgan fingerprint density at radius 2 is 1.92 bits per heavy atom. The molecule has 0 saturated carbocycles. The van der Waals surface area contributed by atoms with E-state index < -0.39 is 0 Å². The number of thiophene rings is 1. The largest absolute Gasteiger partial charge is 0.436 e. The Bertz CT molecular complexity index is 959. The summed E-state index contributed by atoms with van der Waals surface area (Å²) in [5.41, 5.74) is 3.02. The molecule has 0 aliphatic rings. The third kappa shape index (κ3) is 3.00. The highest BCUT2D eigenvalue weighted by atomic mass is 32.1. The lowest BCUT2D eigenvalue weighted by Gasteiger charge is -2.06. The molecule has 0 atom stereocenters. The van der Waals surface area contributed by atoms with Gasteiger partial charge >= 0.3 is 6.03 Å². The Kier molecular flexibility index (Phi) is 3.72. The first-order chi connectivity index (χ1) is 11.8. The van der Waals surface area contributed by atoms with Crippen LogP contribution in [0.5, 0.6) is 0 Å². The van der Waals surface area contributed by atoms with E-state index >= 15 is 0 Å². The van der Waals surface area contributed by atoms with Crippen molar-refractivity contribution < 1.29 is 9.21 Å². The fourth-order valence-corrected chi connectivity index (χ4v) is 2.96. The number of rotatable bonds is 3. The van der Waals surface area contributed by atoms with Crippen molar-refractivity contribution in [3.8, 4) is 11.5 Å². The van der Waals surface area contributed by atoms with E-state index in [1.807, 2.05) is 66.0 Å². The molecule has 2 heterocycles. The average Bonchev–Trinajstić information content (AvgIpc) is 3.24. The van der Waals surface area contributed by atoms with Crippen molar-refractivity contribution in [2.75, 3.05) is 10.6 Å². The molecule has 2 amide bonds. The summed E-state index contributed by atoms with van der Waals surface area (Å²) < 4.78 is 5.76. The summed E-state index contributed by atoms with van der Waals surface area (Å²) in [6.07, 6.45) is 0. The molecular weight excluding hydrogens is 322 g/mol. The van der Waals surface area contributed by atoms with Crippen LogP contribution < -0.4 is 10.6 Å². The smallest absolute Gasteiger partial charge is 0.324 e. The van der Waals surface area contributed by atoms with Gasteiger partial charge in [-0.2, -0.15) is 0 Å². The number of amides is 2. The molecule has 4 aromatic rings. The van der Waals surface area contributed by atoms with Gasteiger partial charge in [0.1, 0.15) is 5.52 Å². The molecule has 0 aliphatic heterocycles. The van der Waals surface area contributed by atoms with Gasteiger partial charge in [0.15, 0.2) is 5.58 Å². The van der Waals surface area contributed by atoms with Gasteiger partial charge in [-0.05, 0) is 47.8 Å². The van der Waals surface area contributed by atoms with E-state index in [-0.39, 0.29) is 6.03 Å². The first-order valence-corrected chi connectivity index (χ1v) is 8.23. The van der Waals surface area contributed by atoms with Gasteiger partial charge in [-0.3, -0.25) is 5.32 Å². The number of carbonyl (C=O) groups excluding carboxylic acids is 1. The fourth-order valence-electron chi connectivity index (χ4n) is 2.35. The third-order valence-electron chi connectivity index (χ3n) is 3.42. The lowest BCUT2D eigenvalue weighted by molar-refractivity contribution is 0.262. The highest BCUT2D eigenvalue weighted by molar-refractivity contribution is 7.14. The minimum atomic E-state index is -0.285. The number of aromatic nitrogens is 1. The Morgan fingerprint density at radius 1 is 1.00 bits per heavy atom. The molecule has 118 valence electrons. The number of para-hydroxylation sites is 2. The molecule has 24 heavy (non-hydrogen) atoms. The Hall–Kier alpha value is -3.12. The van der Waals surface area contributed by atoms with Gasteiger partial charge in [0.25, 0.3) is 0 Å². The van der Waals surface area contributed by atoms with Crippen molar-refractivity contribution in [1.29, 1.82) is 0 Å². The molecule has 0 aliphatic carbocycles. The molecule has 6 heteroatoms. The Labute approximate surface area is 142 Å². The molecule has 4 rings (SSSR count). The fraction of sp³-hybridized carbons (Fsp3) is 0. The van der Waals surface area contributed by atoms with Crippen LogP contribution in [-0.2, 0) is 0 Å². The number of benzene rings is 2. The zero-order valence-electron chi connectivity index (χ0n) is 12.5. The van der Waals surface area contributed by atoms with Crippen LogP contribution in [0, 0.1) is 0 Å². The molecule has 0 unspecified atom stereocenters. The predicted octanol–water partition coefficient (Wildman–Crippen LogP) is 5.20. The number of nitrogens with zero attached hydrogens (tertiary/aromatic N) is 1. The number of urea groups is 1. The van der Waals surface area contributed by atoms with E-state index in [4.69, 9.17) is 4.42 Å². The summed E-state index contributed by atoms with van der Waals surface area (Å²) in [5, 5.41) is 8.29. The number of carbonyl (C=O) groups is 1. The van der Waals surface area contributed by atoms with Crippen LogP contribution in [0.4, 0.5) is 15.5 Å². The number of fused-ring (bicyclic) bond motifs is 1. The van der Waals surface area contributed by atoms with Crippen molar-refractivity contribution in [3.05, 3.63) is 66.0 Å². The van der Waals surface area contributed by atoms with E-state index in [2.05, 4.69) is 15.6 Å². The second-order valence-corrected chi connectivity index (χ2v) is 6.07. The van der Waals surface area contributed by atoms with Crippen LogP contribution in [0.15, 0.2) is 70.5 Å². The Balaban J connectivity index is 1.55. The minimum absolute atomic E-state index is 0.285. The molecular formula is C18H13N3O2S. The maximum atomic E-state index is 12.0. The highest BCUT2D eigenvalue weighted by Gasteiger charge is 2.09. The molecule has 0 bridgehead atoms. The van der Waals surface area contributed by atoms with Crippen LogP contribution in [0.25, 0.3) is 22.6 Å². The zero-order valence-corrected chi connectivity index (χ0v) is 13.3. The van der Waals surface area contributed by atoms with E-state index in [0.29, 0.717) is 11.6 Å². The van der Waals surface area contributed by atoms with E-state index in [1.165, 1.54) is 11.3 Å². The molecule has 0 radical (unpaired) electrons. The van der Waals surface area contributed by atoms with Gasteiger partial charge in [0, 0.05) is 11.3 Å². The molecule has 2 N–H and O–H groups in total. The maximum absolute atomic E-state index is 12.0. The van der Waals surface area contributed by atoms with Crippen LogP contribution in [0.2, 0.25) is 0 Å². The standard InChI is InChI=1S/C18H13N3O2S/c22-18(21-16-9-4-10-24-16)19-13-6-3-5-12(11-13)17-20-14-7-1-2-8-15(14)23-17/h1-11H,(H2,19,21,22). The molecule has 2 aromatic heterocycles. The number of hydrogen-bond donors (Lipinski definition) is 2. The van der Waals surface area contributed by atoms with Crippen LogP contribution >= 0.6 is 11.3 Å². The predicted molar refractivity (Wildman–Crippen MR) is 96.4 cm³/mol.